The summed E-state index contributed by atoms with van der Waals surface area (Å²) in [5, 5.41) is 9.64. The van der Waals surface area contributed by atoms with Crippen molar-refractivity contribution in [2.75, 3.05) is 5.88 Å². The minimum Gasteiger partial charge on any atom is -0.484 e. The molecule has 9 heteroatoms. The molecule has 0 N–H and O–H groups in total. The average molecular weight is 477 g/mol. The highest BCUT2D eigenvalue weighted by Crippen LogP contribution is 2.29. The maximum atomic E-state index is 12.7. The molecule has 0 saturated heterocycles. The lowest BCUT2D eigenvalue weighted by Crippen LogP contribution is -2.29. The van der Waals surface area contributed by atoms with Crippen LogP contribution in [0.15, 0.2) is 84.0 Å². The van der Waals surface area contributed by atoms with Crippen molar-refractivity contribution in [3.05, 3.63) is 101 Å². The van der Waals surface area contributed by atoms with Gasteiger partial charge in [-0.3, -0.25) is 19.1 Å². The molecular weight excluding hydrogens is 460 g/mol. The Morgan fingerprint density at radius 2 is 1.45 bits per heavy atom. The van der Waals surface area contributed by atoms with Crippen LogP contribution in [-0.4, -0.2) is 37.4 Å². The van der Waals surface area contributed by atoms with Crippen molar-refractivity contribution in [3.8, 4) is 11.4 Å². The molecule has 1 aromatic heterocycles. The van der Waals surface area contributed by atoms with Crippen molar-refractivity contribution in [3.63, 3.8) is 0 Å². The van der Waals surface area contributed by atoms with Crippen LogP contribution in [0.2, 0.25) is 5.02 Å². The number of carbonyl (C=O) groups is 2. The molecule has 0 saturated carbocycles. The van der Waals surface area contributed by atoms with E-state index in [2.05, 4.69) is 10.2 Å². The lowest BCUT2D eigenvalue weighted by Gasteiger charge is -2.14. The maximum Gasteiger partial charge on any atom is 0.262 e. The van der Waals surface area contributed by atoms with Crippen LogP contribution in [0.1, 0.15) is 26.5 Å². The summed E-state index contributed by atoms with van der Waals surface area (Å²) < 4.78 is 7.72. The van der Waals surface area contributed by atoms with E-state index in [-0.39, 0.29) is 24.3 Å². The first-order chi connectivity index (χ1) is 16.1. The highest BCUT2D eigenvalue weighted by atomic mass is 35.5. The van der Waals surface area contributed by atoms with E-state index < -0.39 is 0 Å². The Balaban J connectivity index is 1.39. The van der Waals surface area contributed by atoms with E-state index in [9.17, 15) is 9.59 Å². The minimum absolute atomic E-state index is 0.114. The monoisotopic (exact) mass is 476 g/mol. The van der Waals surface area contributed by atoms with Crippen molar-refractivity contribution in [2.45, 2.75) is 11.8 Å². The molecule has 0 unspecified atom stereocenters. The topological polar surface area (TPSA) is 77.3 Å². The van der Waals surface area contributed by atoms with Crippen LogP contribution in [0.4, 0.5) is 0 Å². The van der Waals surface area contributed by atoms with Gasteiger partial charge in [0.15, 0.2) is 11.0 Å². The quantitative estimate of drug-likeness (QED) is 0.280. The summed E-state index contributed by atoms with van der Waals surface area (Å²) in [7, 11) is 0. The van der Waals surface area contributed by atoms with E-state index in [0.717, 1.165) is 5.69 Å². The van der Waals surface area contributed by atoms with Crippen LogP contribution in [0.5, 0.6) is 5.75 Å². The summed E-state index contributed by atoms with van der Waals surface area (Å²) in [5.41, 5.74) is 1.67. The number of halogens is 1. The zero-order chi connectivity index (χ0) is 22.8. The van der Waals surface area contributed by atoms with Gasteiger partial charge in [-0.25, -0.2) is 0 Å². The lowest BCUT2D eigenvalue weighted by atomic mass is 10.1. The number of amides is 2. The van der Waals surface area contributed by atoms with Gasteiger partial charge in [0.25, 0.3) is 11.8 Å². The highest BCUT2D eigenvalue weighted by molar-refractivity contribution is 7.99. The molecule has 0 aliphatic carbocycles. The summed E-state index contributed by atoms with van der Waals surface area (Å²) >= 11 is 7.45. The highest BCUT2D eigenvalue weighted by Gasteiger charge is 2.35. The third-order valence-electron chi connectivity index (χ3n) is 5.11. The zero-order valence-electron chi connectivity index (χ0n) is 17.2. The molecule has 2 heterocycles. The summed E-state index contributed by atoms with van der Waals surface area (Å²) in [6, 6.07) is 23.6. The SMILES string of the molecule is O=C1c2ccccc2C(=O)N1CSc1nnc(COc2ccccc2Cl)n1-c1ccccc1. The average Bonchev–Trinajstić information content (AvgIpc) is 3.36. The predicted molar refractivity (Wildman–Crippen MR) is 125 cm³/mol. The van der Waals surface area contributed by atoms with Gasteiger partial charge >= 0.3 is 0 Å². The Bertz CT molecular complexity index is 1310. The standard InChI is InChI=1S/C24H17ClN4O3S/c25-19-12-6-7-13-20(19)32-14-21-26-27-24(29(21)16-8-2-1-3-9-16)33-15-28-22(30)17-10-4-5-11-18(17)23(28)31/h1-13H,14-15H2. The molecule has 1 aliphatic rings. The van der Waals surface area contributed by atoms with Gasteiger partial charge in [-0.2, -0.15) is 0 Å². The van der Waals surface area contributed by atoms with Gasteiger partial charge in [-0.1, -0.05) is 65.8 Å². The first-order valence-corrected chi connectivity index (χ1v) is 11.4. The van der Waals surface area contributed by atoms with Crippen molar-refractivity contribution < 1.29 is 14.3 Å². The molecule has 3 aromatic carbocycles. The van der Waals surface area contributed by atoms with Gasteiger partial charge in [0, 0.05) is 5.69 Å². The van der Waals surface area contributed by atoms with Gasteiger partial charge in [-0.05, 0) is 36.4 Å². The van der Waals surface area contributed by atoms with Gasteiger partial charge in [-0.15, -0.1) is 10.2 Å². The van der Waals surface area contributed by atoms with Gasteiger partial charge < -0.3 is 4.74 Å². The molecule has 0 fully saturated rings. The first kappa shape index (κ1) is 21.2. The number of ether oxygens (including phenoxy) is 1. The second kappa shape index (κ2) is 9.09. The summed E-state index contributed by atoms with van der Waals surface area (Å²) in [5.74, 6) is 0.600. The number of hydrogen-bond acceptors (Lipinski definition) is 6. The third-order valence-corrected chi connectivity index (χ3v) is 6.33. The van der Waals surface area contributed by atoms with Crippen LogP contribution in [-0.2, 0) is 6.61 Å². The Kier molecular flexibility index (Phi) is 5.85. The smallest absolute Gasteiger partial charge is 0.262 e. The molecule has 5 rings (SSSR count). The number of thioether (sulfide) groups is 1. The van der Waals surface area contributed by atoms with Gasteiger partial charge in [0.2, 0.25) is 0 Å². The van der Waals surface area contributed by atoms with E-state index in [1.165, 1.54) is 16.7 Å². The fourth-order valence-corrected chi connectivity index (χ4v) is 4.61. The lowest BCUT2D eigenvalue weighted by molar-refractivity contribution is 0.0684. The van der Waals surface area contributed by atoms with E-state index in [0.29, 0.717) is 32.9 Å². The number of imide groups is 1. The van der Waals surface area contributed by atoms with Crippen LogP contribution >= 0.6 is 23.4 Å². The number of para-hydroxylation sites is 2. The number of hydrogen-bond donors (Lipinski definition) is 0. The van der Waals surface area contributed by atoms with Crippen LogP contribution in [0.25, 0.3) is 5.69 Å². The Morgan fingerprint density at radius 1 is 0.818 bits per heavy atom. The van der Waals surface area contributed by atoms with E-state index in [1.54, 1.807) is 36.4 Å². The molecule has 0 radical (unpaired) electrons. The number of carbonyl (C=O) groups excluding carboxylic acids is 2. The molecule has 0 atom stereocenters. The van der Waals surface area contributed by atoms with Crippen molar-refractivity contribution in [2.24, 2.45) is 0 Å². The second-order valence-corrected chi connectivity index (χ2v) is 8.47. The van der Waals surface area contributed by atoms with E-state index >= 15 is 0 Å². The van der Waals surface area contributed by atoms with Crippen molar-refractivity contribution >= 4 is 35.2 Å². The Morgan fingerprint density at radius 3 is 2.15 bits per heavy atom. The number of fused-ring (bicyclic) bond motifs is 1. The molecule has 164 valence electrons. The number of benzene rings is 3. The molecule has 1 aliphatic heterocycles. The van der Waals surface area contributed by atoms with E-state index in [1.807, 2.05) is 47.0 Å². The molecule has 2 amide bonds. The number of aromatic nitrogens is 3. The summed E-state index contributed by atoms with van der Waals surface area (Å²) in [6.07, 6.45) is 0. The fourth-order valence-electron chi connectivity index (χ4n) is 3.51. The van der Waals surface area contributed by atoms with E-state index in [4.69, 9.17) is 16.3 Å². The van der Waals surface area contributed by atoms with Gasteiger partial charge in [0.05, 0.1) is 22.0 Å². The molecular formula is C24H17ClN4O3S. The summed E-state index contributed by atoms with van der Waals surface area (Å²) in [4.78, 5) is 26.6. The second-order valence-electron chi connectivity index (χ2n) is 7.15. The molecule has 0 bridgehead atoms. The normalized spacial score (nSPS) is 12.8. The first-order valence-electron chi connectivity index (χ1n) is 10.1. The Labute approximate surface area is 199 Å². The number of rotatable bonds is 7. The van der Waals surface area contributed by atoms with Crippen LogP contribution in [0.3, 0.4) is 0 Å². The minimum atomic E-state index is -0.309. The zero-order valence-corrected chi connectivity index (χ0v) is 18.8. The molecule has 4 aromatic rings. The predicted octanol–water partition coefficient (Wildman–Crippen LogP) is 4.85. The van der Waals surface area contributed by atoms with Crippen LogP contribution < -0.4 is 4.74 Å². The number of nitrogens with zero attached hydrogens (tertiary/aromatic N) is 4. The van der Waals surface area contributed by atoms with Crippen LogP contribution in [0, 0.1) is 0 Å². The summed E-state index contributed by atoms with van der Waals surface area (Å²) in [6.45, 7) is 0.138. The molecule has 7 nitrogen and oxygen atoms in total. The molecule has 0 spiro atoms. The molecule has 33 heavy (non-hydrogen) atoms. The largest absolute Gasteiger partial charge is 0.484 e. The fraction of sp³-hybridized carbons (Fsp3) is 0.0833. The Hall–Kier alpha value is -3.62. The van der Waals surface area contributed by atoms with Crippen molar-refractivity contribution in [1.82, 2.24) is 19.7 Å². The van der Waals surface area contributed by atoms with Crippen molar-refractivity contribution in [1.29, 1.82) is 0 Å². The van der Waals surface area contributed by atoms with Gasteiger partial charge in [0.1, 0.15) is 12.4 Å². The third kappa shape index (κ3) is 4.10. The maximum absolute atomic E-state index is 12.7.